The molecule has 3 rings (SSSR count). The highest BCUT2D eigenvalue weighted by atomic mass is 32.2. The molecule has 3 atom stereocenters. The summed E-state index contributed by atoms with van der Waals surface area (Å²) in [5, 5.41) is 27.1. The summed E-state index contributed by atoms with van der Waals surface area (Å²) in [6.07, 6.45) is 1.87. The molecule has 0 radical (unpaired) electrons. The van der Waals surface area contributed by atoms with E-state index in [9.17, 15) is 23.6 Å². The molecular weight excluding hydrogens is 472 g/mol. The van der Waals surface area contributed by atoms with Crippen molar-refractivity contribution in [3.05, 3.63) is 41.7 Å². The molecule has 0 saturated heterocycles. The van der Waals surface area contributed by atoms with E-state index in [1.54, 1.807) is 34.8 Å². The van der Waals surface area contributed by atoms with Crippen molar-refractivity contribution in [2.75, 3.05) is 26.7 Å². The molecule has 0 unspecified atom stereocenters. The molecule has 1 aromatic carbocycles. The van der Waals surface area contributed by atoms with Crippen LogP contribution in [0, 0.1) is 17.2 Å². The van der Waals surface area contributed by atoms with Gasteiger partial charge in [0.25, 0.3) is 0 Å². The van der Waals surface area contributed by atoms with Gasteiger partial charge in [-0.1, -0.05) is 24.3 Å². The third kappa shape index (κ3) is 6.24. The van der Waals surface area contributed by atoms with Crippen LogP contribution in [0.4, 0.5) is 0 Å². The van der Waals surface area contributed by atoms with Crippen molar-refractivity contribution in [2.24, 2.45) is 5.92 Å². The Balaban J connectivity index is 1.90. The number of aromatic nitrogens is 3. The van der Waals surface area contributed by atoms with E-state index >= 15 is 0 Å². The first-order chi connectivity index (χ1) is 16.7. The first kappa shape index (κ1) is 26.7. The fraction of sp³-hybridized carbons (Fsp3) is 0.565. The van der Waals surface area contributed by atoms with Crippen LogP contribution in [0.2, 0.25) is 0 Å². The van der Waals surface area contributed by atoms with E-state index in [0.29, 0.717) is 25.9 Å². The minimum absolute atomic E-state index is 0.000362. The van der Waals surface area contributed by atoms with Gasteiger partial charge in [-0.2, -0.15) is 9.57 Å². The molecule has 12 heteroatoms. The van der Waals surface area contributed by atoms with Gasteiger partial charge in [-0.05, 0) is 25.5 Å². The predicted octanol–water partition coefficient (Wildman–Crippen LogP) is 0.995. The van der Waals surface area contributed by atoms with E-state index in [-0.39, 0.29) is 48.1 Å². The number of nitriles is 1. The molecule has 1 aliphatic heterocycles. The third-order valence-corrected chi connectivity index (χ3v) is 8.15. The highest BCUT2D eigenvalue weighted by molar-refractivity contribution is 7.89. The summed E-state index contributed by atoms with van der Waals surface area (Å²) in [4.78, 5) is 14.5. The van der Waals surface area contributed by atoms with Gasteiger partial charge < -0.3 is 14.7 Å². The van der Waals surface area contributed by atoms with Crippen molar-refractivity contribution in [3.63, 3.8) is 0 Å². The van der Waals surface area contributed by atoms with Crippen molar-refractivity contribution in [3.8, 4) is 6.07 Å². The number of carbonyl (C=O) groups excluding carboxylic acids is 1. The molecule has 0 fully saturated rings. The van der Waals surface area contributed by atoms with E-state index in [1.165, 1.54) is 23.5 Å². The van der Waals surface area contributed by atoms with Crippen LogP contribution in [0.1, 0.15) is 37.9 Å². The van der Waals surface area contributed by atoms with E-state index in [0.717, 1.165) is 5.69 Å². The Morgan fingerprint density at radius 2 is 2.11 bits per heavy atom. The number of likely N-dealkylation sites (N-methyl/N-ethyl adjacent to an activating group) is 1. The predicted molar refractivity (Wildman–Crippen MR) is 126 cm³/mol. The Labute approximate surface area is 205 Å². The SMILES string of the molecule is C[C@H](CO)N1C[C@H](C)[C@@H](CN(C)S(=O)(=O)c2ccccc2C#N)OCc2cnnn2CCCC1=O. The minimum atomic E-state index is -3.97. The van der Waals surface area contributed by atoms with Crippen molar-refractivity contribution in [1.29, 1.82) is 5.26 Å². The van der Waals surface area contributed by atoms with Crippen LogP contribution < -0.4 is 0 Å². The van der Waals surface area contributed by atoms with Gasteiger partial charge in [-0.15, -0.1) is 5.10 Å². The van der Waals surface area contributed by atoms with Crippen molar-refractivity contribution < 1.29 is 23.1 Å². The van der Waals surface area contributed by atoms with Gasteiger partial charge in [0.15, 0.2) is 0 Å². The van der Waals surface area contributed by atoms with Crippen LogP contribution in [-0.4, -0.2) is 82.5 Å². The number of aliphatic hydroxyl groups excluding tert-OH is 1. The van der Waals surface area contributed by atoms with Crippen molar-refractivity contribution in [1.82, 2.24) is 24.2 Å². The maximum absolute atomic E-state index is 13.3. The zero-order chi connectivity index (χ0) is 25.6. The Morgan fingerprint density at radius 1 is 1.37 bits per heavy atom. The van der Waals surface area contributed by atoms with Crippen LogP contribution >= 0.6 is 0 Å². The van der Waals surface area contributed by atoms with E-state index in [4.69, 9.17) is 4.74 Å². The molecule has 1 N–H and O–H groups in total. The summed E-state index contributed by atoms with van der Waals surface area (Å²) in [6.45, 7) is 4.44. The summed E-state index contributed by atoms with van der Waals surface area (Å²) in [5.41, 5.74) is 0.798. The largest absolute Gasteiger partial charge is 0.394 e. The Kier molecular flexibility index (Phi) is 8.96. The number of hydrogen-bond donors (Lipinski definition) is 1. The highest BCUT2D eigenvalue weighted by Gasteiger charge is 2.32. The molecule has 2 heterocycles. The molecule has 1 amide bonds. The average Bonchev–Trinajstić information content (AvgIpc) is 3.30. The standard InChI is InChI=1S/C23H32N6O5S/c1-17-13-28(18(2)15-30)23(31)9-6-10-29-20(12-25-26-29)16-34-21(17)14-27(3)35(32,33)22-8-5-4-7-19(22)11-24/h4-5,7-8,12,17-18,21,30H,6,9-10,13-16H2,1-3H3/t17-,18+,21+/m0/s1. The quantitative estimate of drug-likeness (QED) is 0.614. The molecule has 0 aliphatic carbocycles. The second-order valence-corrected chi connectivity index (χ2v) is 10.9. The number of aryl methyl sites for hydroxylation is 1. The highest BCUT2D eigenvalue weighted by Crippen LogP contribution is 2.22. The number of amides is 1. The Hall–Kier alpha value is -2.85. The lowest BCUT2D eigenvalue weighted by Crippen LogP contribution is -2.48. The number of rotatable bonds is 6. The number of benzene rings is 1. The maximum atomic E-state index is 13.3. The lowest BCUT2D eigenvalue weighted by molar-refractivity contribution is -0.136. The van der Waals surface area contributed by atoms with E-state index < -0.39 is 16.1 Å². The van der Waals surface area contributed by atoms with Crippen LogP contribution in [0.25, 0.3) is 0 Å². The first-order valence-electron chi connectivity index (χ1n) is 11.5. The number of ether oxygens (including phenoxy) is 1. The molecule has 190 valence electrons. The number of carbonyl (C=O) groups is 1. The number of fused-ring (bicyclic) bond motifs is 1. The smallest absolute Gasteiger partial charge is 0.244 e. The minimum Gasteiger partial charge on any atom is -0.394 e. The summed E-state index contributed by atoms with van der Waals surface area (Å²) >= 11 is 0. The van der Waals surface area contributed by atoms with Crippen LogP contribution in [0.3, 0.4) is 0 Å². The number of nitrogens with zero attached hydrogens (tertiary/aromatic N) is 6. The topological polar surface area (TPSA) is 142 Å². The summed E-state index contributed by atoms with van der Waals surface area (Å²) < 4.78 is 35.6. The van der Waals surface area contributed by atoms with Crippen molar-refractivity contribution in [2.45, 2.75) is 56.9 Å². The lowest BCUT2D eigenvalue weighted by atomic mass is 10.0. The molecule has 0 spiro atoms. The number of sulfonamides is 1. The second-order valence-electron chi connectivity index (χ2n) is 8.85. The number of hydrogen-bond acceptors (Lipinski definition) is 8. The summed E-state index contributed by atoms with van der Waals surface area (Å²) in [6, 6.07) is 7.60. The van der Waals surface area contributed by atoms with E-state index in [2.05, 4.69) is 10.3 Å². The molecule has 11 nitrogen and oxygen atoms in total. The second kappa shape index (κ2) is 11.7. The third-order valence-electron chi connectivity index (χ3n) is 6.27. The summed E-state index contributed by atoms with van der Waals surface area (Å²) in [5.74, 6) is -0.358. The van der Waals surface area contributed by atoms with Gasteiger partial charge in [-0.25, -0.2) is 13.1 Å². The maximum Gasteiger partial charge on any atom is 0.244 e. The Bertz CT molecular complexity index is 1160. The molecule has 0 bridgehead atoms. The van der Waals surface area contributed by atoms with Gasteiger partial charge in [-0.3, -0.25) is 4.79 Å². The average molecular weight is 505 g/mol. The fourth-order valence-electron chi connectivity index (χ4n) is 4.05. The van der Waals surface area contributed by atoms with Gasteiger partial charge in [0.1, 0.15) is 6.07 Å². The molecule has 1 aromatic heterocycles. The van der Waals surface area contributed by atoms with Gasteiger partial charge >= 0.3 is 0 Å². The van der Waals surface area contributed by atoms with Gasteiger partial charge in [0, 0.05) is 39.0 Å². The lowest BCUT2D eigenvalue weighted by Gasteiger charge is -2.35. The van der Waals surface area contributed by atoms with Crippen LogP contribution in [0.5, 0.6) is 0 Å². The van der Waals surface area contributed by atoms with Crippen LogP contribution in [0.15, 0.2) is 35.4 Å². The molecule has 0 saturated carbocycles. The summed E-state index contributed by atoms with van der Waals surface area (Å²) in [7, 11) is -2.52. The van der Waals surface area contributed by atoms with Gasteiger partial charge in [0.05, 0.1) is 47.7 Å². The molecule has 35 heavy (non-hydrogen) atoms. The zero-order valence-electron chi connectivity index (χ0n) is 20.2. The van der Waals surface area contributed by atoms with Gasteiger partial charge in [0.2, 0.25) is 15.9 Å². The molecule has 1 aliphatic rings. The number of aliphatic hydroxyl groups is 1. The Morgan fingerprint density at radius 3 is 2.83 bits per heavy atom. The first-order valence-corrected chi connectivity index (χ1v) is 13.0. The fourth-order valence-corrected chi connectivity index (χ4v) is 5.37. The van der Waals surface area contributed by atoms with E-state index in [1.807, 2.05) is 13.0 Å². The van der Waals surface area contributed by atoms with Crippen molar-refractivity contribution >= 4 is 15.9 Å². The zero-order valence-corrected chi connectivity index (χ0v) is 21.1. The molecular formula is C23H32N6O5S. The monoisotopic (exact) mass is 504 g/mol. The molecule has 2 aromatic rings. The normalized spacial score (nSPS) is 21.0. The van der Waals surface area contributed by atoms with Crippen LogP contribution in [-0.2, 0) is 32.7 Å².